The molecule has 0 radical (unpaired) electrons. The second-order valence-corrected chi connectivity index (χ2v) is 5.17. The number of hydrogen-bond donors (Lipinski definition) is 1. The Morgan fingerprint density at radius 1 is 1.30 bits per heavy atom. The zero-order valence-corrected chi connectivity index (χ0v) is 12.1. The number of hydrogen-bond acceptors (Lipinski definition) is 4. The summed E-state index contributed by atoms with van der Waals surface area (Å²) in [6.45, 7) is 8.55. The third-order valence-electron chi connectivity index (χ3n) is 3.61. The van der Waals surface area contributed by atoms with Crippen molar-refractivity contribution in [3.63, 3.8) is 0 Å². The molecule has 104 valence electrons. The van der Waals surface area contributed by atoms with Gasteiger partial charge in [0.2, 0.25) is 0 Å². The van der Waals surface area contributed by atoms with E-state index >= 15 is 0 Å². The van der Waals surface area contributed by atoms with Crippen molar-refractivity contribution in [2.75, 3.05) is 11.9 Å². The molecule has 0 amide bonds. The van der Waals surface area contributed by atoms with Gasteiger partial charge in [-0.25, -0.2) is 4.98 Å². The highest BCUT2D eigenvalue weighted by molar-refractivity contribution is 6.05. The lowest BCUT2D eigenvalue weighted by Crippen LogP contribution is -2.15. The predicted molar refractivity (Wildman–Crippen MR) is 80.3 cm³/mol. The number of nitrogens with zero attached hydrogens (tertiary/aromatic N) is 4. The van der Waals surface area contributed by atoms with E-state index in [0.717, 1.165) is 36.9 Å². The highest BCUT2D eigenvalue weighted by Crippen LogP contribution is 2.24. The van der Waals surface area contributed by atoms with Gasteiger partial charge in [-0.15, -0.1) is 0 Å². The highest BCUT2D eigenvalue weighted by Gasteiger charge is 2.16. The van der Waals surface area contributed by atoms with Gasteiger partial charge < -0.3 is 5.32 Å². The van der Waals surface area contributed by atoms with Gasteiger partial charge in [0, 0.05) is 29.7 Å². The molecule has 5 nitrogen and oxygen atoms in total. The summed E-state index contributed by atoms with van der Waals surface area (Å²) in [5, 5.41) is 7.87. The molecule has 0 bridgehead atoms. The zero-order valence-electron chi connectivity index (χ0n) is 12.1. The molecule has 0 unspecified atom stereocenters. The molecule has 1 N–H and O–H groups in total. The minimum absolute atomic E-state index is 0.774. The van der Waals surface area contributed by atoms with E-state index in [2.05, 4.69) is 33.4 Å². The number of rotatable bonds is 4. The Bertz CT molecular complexity index is 669. The van der Waals surface area contributed by atoms with Crippen LogP contribution in [0.2, 0.25) is 0 Å². The van der Waals surface area contributed by atoms with Gasteiger partial charge in [0.25, 0.3) is 0 Å². The first-order chi connectivity index (χ1) is 9.65. The monoisotopic (exact) mass is 269 g/mol. The van der Waals surface area contributed by atoms with Crippen LogP contribution in [0.3, 0.4) is 0 Å². The van der Waals surface area contributed by atoms with Crippen LogP contribution in [0.25, 0.3) is 0 Å². The lowest BCUT2D eigenvalue weighted by Gasteiger charge is -2.11. The number of nitrogens with one attached hydrogen (secondary N) is 1. The predicted octanol–water partition coefficient (Wildman–Crippen LogP) is 2.33. The molecule has 3 heterocycles. The molecule has 0 saturated heterocycles. The van der Waals surface area contributed by atoms with Gasteiger partial charge in [-0.3, -0.25) is 9.67 Å². The van der Waals surface area contributed by atoms with E-state index < -0.39 is 0 Å². The maximum absolute atomic E-state index is 4.47. The Labute approximate surface area is 118 Å². The first kappa shape index (κ1) is 12.8. The van der Waals surface area contributed by atoms with Crippen LogP contribution in [0.15, 0.2) is 23.3 Å². The average molecular weight is 269 g/mol. The Morgan fingerprint density at radius 3 is 2.90 bits per heavy atom. The molecule has 2 aromatic rings. The molecule has 3 rings (SSSR count). The van der Waals surface area contributed by atoms with E-state index in [-0.39, 0.29) is 0 Å². The van der Waals surface area contributed by atoms with Crippen LogP contribution >= 0.6 is 0 Å². The van der Waals surface area contributed by atoms with E-state index in [1.165, 1.54) is 16.8 Å². The van der Waals surface area contributed by atoms with Gasteiger partial charge >= 0.3 is 0 Å². The molecule has 0 saturated carbocycles. The van der Waals surface area contributed by atoms with Crippen molar-refractivity contribution in [3.05, 3.63) is 40.8 Å². The SMILES string of the molecule is CC1=NCc2ccnc(NCCn3nc(C)cc3C)c21. The number of aryl methyl sites for hydroxylation is 2. The Morgan fingerprint density at radius 2 is 2.15 bits per heavy atom. The summed E-state index contributed by atoms with van der Waals surface area (Å²) < 4.78 is 2.02. The minimum Gasteiger partial charge on any atom is -0.368 e. The normalized spacial score (nSPS) is 13.2. The molecule has 1 aliphatic rings. The summed E-state index contributed by atoms with van der Waals surface area (Å²) in [6, 6.07) is 4.14. The third-order valence-corrected chi connectivity index (χ3v) is 3.61. The van der Waals surface area contributed by atoms with Crippen LogP contribution in [-0.2, 0) is 13.1 Å². The molecule has 0 aromatic carbocycles. The number of fused-ring (bicyclic) bond motifs is 1. The van der Waals surface area contributed by atoms with Crippen molar-refractivity contribution in [1.29, 1.82) is 0 Å². The zero-order chi connectivity index (χ0) is 14.1. The van der Waals surface area contributed by atoms with E-state index in [4.69, 9.17) is 0 Å². The van der Waals surface area contributed by atoms with E-state index in [1.54, 1.807) is 0 Å². The fourth-order valence-corrected chi connectivity index (χ4v) is 2.64. The number of pyridine rings is 1. The summed E-state index contributed by atoms with van der Waals surface area (Å²) in [5.41, 5.74) is 5.74. The molecule has 0 spiro atoms. The summed E-state index contributed by atoms with van der Waals surface area (Å²) >= 11 is 0. The smallest absolute Gasteiger partial charge is 0.135 e. The van der Waals surface area contributed by atoms with Crippen LogP contribution in [0.4, 0.5) is 5.82 Å². The van der Waals surface area contributed by atoms with Crippen LogP contribution < -0.4 is 5.32 Å². The maximum Gasteiger partial charge on any atom is 0.135 e. The lowest BCUT2D eigenvalue weighted by molar-refractivity contribution is 0.614. The largest absolute Gasteiger partial charge is 0.368 e. The Hall–Kier alpha value is -2.17. The average Bonchev–Trinajstić information content (AvgIpc) is 2.94. The van der Waals surface area contributed by atoms with Crippen LogP contribution in [-0.4, -0.2) is 27.0 Å². The molecular formula is C15H19N5. The number of anilines is 1. The second-order valence-electron chi connectivity index (χ2n) is 5.17. The molecule has 0 fully saturated rings. The maximum atomic E-state index is 4.47. The Balaban J connectivity index is 1.69. The standard InChI is InChI=1S/C15H19N5/c1-10-8-11(2)20(19-10)7-6-17-15-14-12(3)18-9-13(14)4-5-16-15/h4-5,8H,6-7,9H2,1-3H3,(H,16,17). The molecule has 0 aliphatic carbocycles. The number of aromatic nitrogens is 3. The summed E-state index contributed by atoms with van der Waals surface area (Å²) in [5.74, 6) is 0.933. The molecule has 20 heavy (non-hydrogen) atoms. The van der Waals surface area contributed by atoms with Crippen LogP contribution in [0.1, 0.15) is 29.4 Å². The summed E-state index contributed by atoms with van der Waals surface area (Å²) in [4.78, 5) is 8.91. The summed E-state index contributed by atoms with van der Waals surface area (Å²) in [7, 11) is 0. The lowest BCUT2D eigenvalue weighted by atomic mass is 10.1. The van der Waals surface area contributed by atoms with Gasteiger partial charge in [0.15, 0.2) is 0 Å². The van der Waals surface area contributed by atoms with Crippen molar-refractivity contribution in [1.82, 2.24) is 14.8 Å². The minimum atomic E-state index is 0.774. The second kappa shape index (κ2) is 5.07. The van der Waals surface area contributed by atoms with Gasteiger partial charge in [0.1, 0.15) is 5.82 Å². The van der Waals surface area contributed by atoms with Gasteiger partial charge in [-0.05, 0) is 38.5 Å². The highest BCUT2D eigenvalue weighted by atomic mass is 15.3. The fourth-order valence-electron chi connectivity index (χ4n) is 2.64. The molecular weight excluding hydrogens is 250 g/mol. The van der Waals surface area contributed by atoms with Crippen LogP contribution in [0, 0.1) is 13.8 Å². The first-order valence-corrected chi connectivity index (χ1v) is 6.89. The van der Waals surface area contributed by atoms with Crippen molar-refractivity contribution < 1.29 is 0 Å². The van der Waals surface area contributed by atoms with Crippen molar-refractivity contribution in [3.8, 4) is 0 Å². The Kier molecular flexibility index (Phi) is 3.26. The van der Waals surface area contributed by atoms with E-state index in [0.29, 0.717) is 0 Å². The topological polar surface area (TPSA) is 55.1 Å². The molecule has 1 aliphatic heterocycles. The fraction of sp³-hybridized carbons (Fsp3) is 0.400. The van der Waals surface area contributed by atoms with Crippen molar-refractivity contribution in [2.45, 2.75) is 33.9 Å². The third kappa shape index (κ3) is 2.31. The first-order valence-electron chi connectivity index (χ1n) is 6.89. The molecule has 2 aromatic heterocycles. The van der Waals surface area contributed by atoms with Crippen molar-refractivity contribution >= 4 is 11.5 Å². The van der Waals surface area contributed by atoms with Crippen molar-refractivity contribution in [2.24, 2.45) is 4.99 Å². The van der Waals surface area contributed by atoms with Gasteiger partial charge in [-0.2, -0.15) is 5.10 Å². The quantitative estimate of drug-likeness (QED) is 0.926. The van der Waals surface area contributed by atoms with E-state index in [9.17, 15) is 0 Å². The summed E-state index contributed by atoms with van der Waals surface area (Å²) in [6.07, 6.45) is 1.85. The van der Waals surface area contributed by atoms with Gasteiger partial charge in [0.05, 0.1) is 18.8 Å². The van der Waals surface area contributed by atoms with E-state index in [1.807, 2.05) is 30.8 Å². The van der Waals surface area contributed by atoms with Gasteiger partial charge in [-0.1, -0.05) is 0 Å². The molecule has 5 heteroatoms. The molecule has 0 atom stereocenters. The van der Waals surface area contributed by atoms with Crippen LogP contribution in [0.5, 0.6) is 0 Å². The number of aliphatic imine (C=N–C) groups is 1.